The van der Waals surface area contributed by atoms with E-state index in [1.807, 2.05) is 49.4 Å². The summed E-state index contributed by atoms with van der Waals surface area (Å²) in [6.07, 6.45) is 6.42. The molecule has 1 aliphatic carbocycles. The minimum absolute atomic E-state index is 0.135. The number of hydrogen-bond acceptors (Lipinski definition) is 7. The maximum Gasteiger partial charge on any atom is 0.346 e. The fourth-order valence-corrected chi connectivity index (χ4v) is 6.62. The number of benzene rings is 1. The second-order valence-corrected chi connectivity index (χ2v) is 11.4. The summed E-state index contributed by atoms with van der Waals surface area (Å²) in [5.74, 6) is -1.83. The lowest BCUT2D eigenvalue weighted by molar-refractivity contribution is -0.348. The van der Waals surface area contributed by atoms with Gasteiger partial charge in [0.1, 0.15) is 12.0 Å². The molecule has 0 aromatic heterocycles. The van der Waals surface area contributed by atoms with Crippen LogP contribution in [-0.4, -0.2) is 47.1 Å². The summed E-state index contributed by atoms with van der Waals surface area (Å²) in [7, 11) is 0. The molecule has 208 valence electrons. The van der Waals surface area contributed by atoms with E-state index < -0.39 is 41.5 Å². The molecular weight excluding hydrogens is 498 g/mol. The molecule has 0 bridgehead atoms. The second-order valence-electron chi connectivity index (χ2n) is 11.4. The predicted molar refractivity (Wildman–Crippen MR) is 143 cm³/mol. The van der Waals surface area contributed by atoms with Gasteiger partial charge in [0, 0.05) is 23.5 Å². The third-order valence-electron chi connectivity index (χ3n) is 8.85. The van der Waals surface area contributed by atoms with Gasteiger partial charge in [0.15, 0.2) is 6.10 Å². The van der Waals surface area contributed by atoms with E-state index in [1.165, 1.54) is 0 Å². The van der Waals surface area contributed by atoms with Gasteiger partial charge in [-0.15, -0.1) is 0 Å². The number of aliphatic hydroxyl groups is 1. The van der Waals surface area contributed by atoms with Crippen molar-refractivity contribution in [2.24, 2.45) is 23.7 Å². The van der Waals surface area contributed by atoms with Gasteiger partial charge in [0.25, 0.3) is 5.91 Å². The van der Waals surface area contributed by atoms with Gasteiger partial charge in [-0.05, 0) is 48.7 Å². The predicted octanol–water partition coefficient (Wildman–Crippen LogP) is 3.75. The molecule has 1 spiro atoms. The van der Waals surface area contributed by atoms with Gasteiger partial charge in [-0.25, -0.2) is 4.79 Å². The number of fused-ring (bicyclic) bond motifs is 1. The van der Waals surface area contributed by atoms with Crippen molar-refractivity contribution >= 4 is 18.2 Å². The average molecular weight is 536 g/mol. The molecule has 8 nitrogen and oxygen atoms in total. The van der Waals surface area contributed by atoms with Crippen molar-refractivity contribution in [3.05, 3.63) is 71.5 Å². The Morgan fingerprint density at radius 3 is 2.72 bits per heavy atom. The molecule has 3 unspecified atom stereocenters. The largest absolute Gasteiger partial charge is 0.482 e. The lowest BCUT2D eigenvalue weighted by atomic mass is 9.59. The van der Waals surface area contributed by atoms with Gasteiger partial charge in [0.05, 0.1) is 12.5 Å². The SMILES string of the molecule is C=C1[C@@H](C)C2[C@H](Cc3ccccc3)NC(=O)[C@]23OOC(=O)CC2O/C2=C(\C=O)CCC[C@@H](C)C/C=C/C3[C@@H]1O. The molecule has 1 aromatic rings. The van der Waals surface area contributed by atoms with Crippen molar-refractivity contribution < 1.29 is 34.0 Å². The zero-order valence-corrected chi connectivity index (χ0v) is 22.5. The number of amides is 1. The maximum atomic E-state index is 13.9. The Bertz CT molecular complexity index is 1190. The molecule has 3 fully saturated rings. The first-order valence-electron chi connectivity index (χ1n) is 13.9. The van der Waals surface area contributed by atoms with Crippen LogP contribution in [0.4, 0.5) is 0 Å². The van der Waals surface area contributed by atoms with Crippen LogP contribution in [0.25, 0.3) is 0 Å². The molecule has 1 amide bonds. The first-order chi connectivity index (χ1) is 18.8. The summed E-state index contributed by atoms with van der Waals surface area (Å²) < 4.78 is 5.54. The molecule has 3 aliphatic heterocycles. The molecule has 2 N–H and O–H groups in total. The Labute approximate surface area is 229 Å². The van der Waals surface area contributed by atoms with E-state index in [9.17, 15) is 19.5 Å². The highest BCUT2D eigenvalue weighted by atomic mass is 17.2. The Balaban J connectivity index is 1.50. The number of epoxide rings is 1. The van der Waals surface area contributed by atoms with Crippen LogP contribution in [-0.2, 0) is 35.3 Å². The number of nitrogens with one attached hydrogen (secondary N) is 1. The number of aliphatic hydroxyl groups excluding tert-OH is 1. The molecule has 1 aromatic carbocycles. The monoisotopic (exact) mass is 535 g/mol. The first-order valence-corrected chi connectivity index (χ1v) is 13.9. The van der Waals surface area contributed by atoms with E-state index in [0.29, 0.717) is 42.1 Å². The molecule has 4 aliphatic rings. The standard InChI is InChI=1S/C31H37NO7/c1-18-9-7-13-22(17-33)29-25(37-29)16-26(34)38-39-31-23(14-8-10-18)28(35)20(3)19(2)27(31)24(32-30(31)36)15-21-11-5-4-6-12-21/h4-6,8,11-12,14,17-19,23-25,27-28,35H,3,7,9-10,13,15-16H2,1-2H3,(H,32,36)/b14-8+,29-22-/t18-,19-,23?,24+,25?,27?,28-,31-/m1/s1. The molecule has 1 saturated carbocycles. The number of aldehydes is 1. The highest BCUT2D eigenvalue weighted by Gasteiger charge is 2.68. The van der Waals surface area contributed by atoms with Crippen LogP contribution in [0.2, 0.25) is 0 Å². The Hall–Kier alpha value is -3.23. The van der Waals surface area contributed by atoms with Crippen LogP contribution >= 0.6 is 0 Å². The number of allylic oxidation sites excluding steroid dienone is 2. The molecule has 5 rings (SSSR count). The summed E-state index contributed by atoms with van der Waals surface area (Å²) >= 11 is 0. The number of carbonyl (C=O) groups is 3. The van der Waals surface area contributed by atoms with Gasteiger partial charge in [-0.1, -0.05) is 69.3 Å². The maximum absolute atomic E-state index is 13.9. The van der Waals surface area contributed by atoms with E-state index in [4.69, 9.17) is 14.5 Å². The van der Waals surface area contributed by atoms with Crippen LogP contribution in [0.3, 0.4) is 0 Å². The zero-order chi connectivity index (χ0) is 27.7. The number of ether oxygens (including phenoxy) is 1. The minimum atomic E-state index is -1.64. The fourth-order valence-electron chi connectivity index (χ4n) is 6.62. The number of hydrogen-bond donors (Lipinski definition) is 2. The Morgan fingerprint density at radius 1 is 1.21 bits per heavy atom. The lowest BCUT2D eigenvalue weighted by Gasteiger charge is -2.48. The zero-order valence-electron chi connectivity index (χ0n) is 22.5. The summed E-state index contributed by atoms with van der Waals surface area (Å²) in [4.78, 5) is 49.6. The van der Waals surface area contributed by atoms with Crippen molar-refractivity contribution in [2.45, 2.75) is 76.2 Å². The molecule has 0 radical (unpaired) electrons. The van der Waals surface area contributed by atoms with Gasteiger partial charge >= 0.3 is 5.97 Å². The molecule has 39 heavy (non-hydrogen) atoms. The van der Waals surface area contributed by atoms with Crippen LogP contribution in [0.15, 0.2) is 66.0 Å². The van der Waals surface area contributed by atoms with Gasteiger partial charge in [-0.2, -0.15) is 4.89 Å². The van der Waals surface area contributed by atoms with Crippen molar-refractivity contribution in [3.63, 3.8) is 0 Å². The third-order valence-corrected chi connectivity index (χ3v) is 8.85. The van der Waals surface area contributed by atoms with Crippen molar-refractivity contribution in [2.75, 3.05) is 0 Å². The van der Waals surface area contributed by atoms with E-state index in [2.05, 4.69) is 18.8 Å². The molecule has 8 heteroatoms. The molecule has 2 saturated heterocycles. The van der Waals surface area contributed by atoms with Crippen LogP contribution in [0.5, 0.6) is 0 Å². The van der Waals surface area contributed by atoms with Crippen molar-refractivity contribution in [3.8, 4) is 0 Å². The van der Waals surface area contributed by atoms with Gasteiger partial charge in [0.2, 0.25) is 5.60 Å². The molecule has 8 atom stereocenters. The minimum Gasteiger partial charge on any atom is -0.482 e. The number of rotatable bonds is 3. The molecular formula is C31H37NO7. The highest BCUT2D eigenvalue weighted by molar-refractivity contribution is 5.90. The van der Waals surface area contributed by atoms with Crippen LogP contribution in [0, 0.1) is 23.7 Å². The average Bonchev–Trinajstić information content (AvgIpc) is 3.61. The van der Waals surface area contributed by atoms with Gasteiger partial charge < -0.3 is 15.2 Å². The smallest absolute Gasteiger partial charge is 0.346 e. The number of carbonyl (C=O) groups excluding carboxylic acids is 3. The van der Waals surface area contributed by atoms with Gasteiger partial charge in [-0.3, -0.25) is 14.5 Å². The van der Waals surface area contributed by atoms with Crippen molar-refractivity contribution in [1.82, 2.24) is 5.32 Å². The summed E-state index contributed by atoms with van der Waals surface area (Å²) in [6, 6.07) is 9.52. The lowest BCUT2D eigenvalue weighted by Crippen LogP contribution is -2.61. The highest BCUT2D eigenvalue weighted by Crippen LogP contribution is 2.52. The Kier molecular flexibility index (Phi) is 7.78. The first kappa shape index (κ1) is 27.3. The van der Waals surface area contributed by atoms with E-state index in [0.717, 1.165) is 24.7 Å². The summed E-state index contributed by atoms with van der Waals surface area (Å²) in [5.41, 5.74) is 0.609. The fraction of sp³-hybridized carbons (Fsp3) is 0.516. The van der Waals surface area contributed by atoms with Crippen molar-refractivity contribution in [1.29, 1.82) is 0 Å². The summed E-state index contributed by atoms with van der Waals surface area (Å²) in [5, 5.41) is 14.5. The Morgan fingerprint density at radius 2 is 1.97 bits per heavy atom. The quantitative estimate of drug-likeness (QED) is 0.262. The molecule has 3 heterocycles. The third kappa shape index (κ3) is 5.20. The normalized spacial score (nSPS) is 39.8. The van der Waals surface area contributed by atoms with Crippen LogP contribution in [0.1, 0.15) is 51.5 Å². The van der Waals surface area contributed by atoms with E-state index in [-0.39, 0.29) is 18.4 Å². The topological polar surface area (TPSA) is 114 Å². The summed E-state index contributed by atoms with van der Waals surface area (Å²) in [6.45, 7) is 8.25. The van der Waals surface area contributed by atoms with E-state index in [1.54, 1.807) is 0 Å². The van der Waals surface area contributed by atoms with Crippen LogP contribution < -0.4 is 5.32 Å². The van der Waals surface area contributed by atoms with E-state index >= 15 is 0 Å². The second kappa shape index (κ2) is 11.1.